The maximum Gasteiger partial charge on any atom is 0.230 e. The predicted octanol–water partition coefficient (Wildman–Crippen LogP) is 4.50. The van der Waals surface area contributed by atoms with Gasteiger partial charge in [-0.1, -0.05) is 48.2 Å². The van der Waals surface area contributed by atoms with E-state index in [0.717, 1.165) is 18.4 Å². The van der Waals surface area contributed by atoms with Crippen LogP contribution in [0, 0.1) is 5.82 Å². The number of hydrogen-bond acceptors (Lipinski definition) is 4. The van der Waals surface area contributed by atoms with E-state index in [9.17, 15) is 9.18 Å². The maximum absolute atomic E-state index is 13.2. The van der Waals surface area contributed by atoms with Gasteiger partial charge in [-0.2, -0.15) is 0 Å². The Labute approximate surface area is 180 Å². The van der Waals surface area contributed by atoms with E-state index in [1.807, 2.05) is 29.7 Å². The lowest BCUT2D eigenvalue weighted by atomic mass is 10.1. The molecule has 1 aromatic heterocycles. The van der Waals surface area contributed by atoms with Crippen molar-refractivity contribution in [2.45, 2.75) is 37.5 Å². The molecule has 1 heterocycles. The Bertz CT molecular complexity index is 973. The largest absolute Gasteiger partial charge is 0.353 e. The SMILES string of the molecule is C=CCn1c(SCC(=O)N[C@@H](C)CCc2ccccc2)nnc1-c1ccc(F)cc1. The van der Waals surface area contributed by atoms with Gasteiger partial charge in [-0.15, -0.1) is 16.8 Å². The highest BCUT2D eigenvalue weighted by Gasteiger charge is 2.16. The summed E-state index contributed by atoms with van der Waals surface area (Å²) in [5, 5.41) is 12.1. The van der Waals surface area contributed by atoms with E-state index in [0.29, 0.717) is 17.5 Å². The van der Waals surface area contributed by atoms with Crippen LogP contribution in [-0.4, -0.2) is 32.5 Å². The number of hydrogen-bond donors (Lipinski definition) is 1. The molecule has 0 spiro atoms. The number of amides is 1. The molecule has 0 unspecified atom stereocenters. The van der Waals surface area contributed by atoms with Gasteiger partial charge >= 0.3 is 0 Å². The Morgan fingerprint density at radius 1 is 1.20 bits per heavy atom. The quantitative estimate of drug-likeness (QED) is 0.385. The average Bonchev–Trinajstić information content (AvgIpc) is 3.15. The first kappa shape index (κ1) is 21.8. The number of rotatable bonds is 10. The Kier molecular flexibility index (Phi) is 7.79. The zero-order valence-corrected chi connectivity index (χ0v) is 17.7. The van der Waals surface area contributed by atoms with E-state index < -0.39 is 0 Å². The number of carbonyl (C=O) groups excluding carboxylic acids is 1. The van der Waals surface area contributed by atoms with Crippen molar-refractivity contribution in [3.8, 4) is 11.4 Å². The van der Waals surface area contributed by atoms with Crippen LogP contribution in [0.3, 0.4) is 0 Å². The van der Waals surface area contributed by atoms with Crippen LogP contribution < -0.4 is 5.32 Å². The zero-order valence-electron chi connectivity index (χ0n) is 16.9. The van der Waals surface area contributed by atoms with Gasteiger partial charge in [-0.25, -0.2) is 4.39 Å². The summed E-state index contributed by atoms with van der Waals surface area (Å²) in [6.07, 6.45) is 3.54. The number of halogens is 1. The molecule has 156 valence electrons. The molecule has 0 fully saturated rings. The number of aryl methyl sites for hydroxylation is 1. The van der Waals surface area contributed by atoms with Crippen LogP contribution in [0.15, 0.2) is 72.4 Å². The summed E-state index contributed by atoms with van der Waals surface area (Å²) in [7, 11) is 0. The fourth-order valence-electron chi connectivity index (χ4n) is 3.05. The molecule has 1 N–H and O–H groups in total. The standard InChI is InChI=1S/C23H25FN4OS/c1-3-15-28-22(19-11-13-20(24)14-12-19)26-27-23(28)30-16-21(29)25-17(2)9-10-18-7-5-4-6-8-18/h3-8,11-14,17H,1,9-10,15-16H2,2H3,(H,25,29)/t17-/m0/s1. The minimum atomic E-state index is -0.304. The van der Waals surface area contributed by atoms with Gasteiger partial charge in [0, 0.05) is 18.2 Å². The van der Waals surface area contributed by atoms with Crippen molar-refractivity contribution in [3.05, 3.63) is 78.6 Å². The van der Waals surface area contributed by atoms with Gasteiger partial charge in [-0.3, -0.25) is 9.36 Å². The third-order valence-corrected chi connectivity index (χ3v) is 5.55. The fraction of sp³-hybridized carbons (Fsp3) is 0.261. The highest BCUT2D eigenvalue weighted by Crippen LogP contribution is 2.24. The molecule has 1 amide bonds. The Morgan fingerprint density at radius 3 is 2.63 bits per heavy atom. The third-order valence-electron chi connectivity index (χ3n) is 4.58. The molecule has 1 atom stereocenters. The number of aromatic nitrogens is 3. The van der Waals surface area contributed by atoms with Crippen molar-refractivity contribution < 1.29 is 9.18 Å². The first-order valence-electron chi connectivity index (χ1n) is 9.83. The molecule has 5 nitrogen and oxygen atoms in total. The Hall–Kier alpha value is -2.93. The van der Waals surface area contributed by atoms with E-state index in [4.69, 9.17) is 0 Å². The molecule has 30 heavy (non-hydrogen) atoms. The molecule has 0 aliphatic rings. The molecule has 0 radical (unpaired) electrons. The molecule has 0 aliphatic heterocycles. The van der Waals surface area contributed by atoms with E-state index in [1.54, 1.807) is 18.2 Å². The Morgan fingerprint density at radius 2 is 1.93 bits per heavy atom. The summed E-state index contributed by atoms with van der Waals surface area (Å²) < 4.78 is 15.1. The first-order valence-corrected chi connectivity index (χ1v) is 10.8. The molecule has 2 aromatic carbocycles. The minimum absolute atomic E-state index is 0.0444. The average molecular weight is 425 g/mol. The lowest BCUT2D eigenvalue weighted by Crippen LogP contribution is -2.34. The third kappa shape index (κ3) is 6.03. The second-order valence-corrected chi connectivity index (χ2v) is 7.94. The molecular formula is C23H25FN4OS. The maximum atomic E-state index is 13.2. The number of nitrogens with zero attached hydrogens (tertiary/aromatic N) is 3. The lowest BCUT2D eigenvalue weighted by molar-refractivity contribution is -0.119. The molecule has 7 heteroatoms. The highest BCUT2D eigenvalue weighted by atomic mass is 32.2. The molecule has 3 aromatic rings. The molecule has 0 bridgehead atoms. The number of thioether (sulfide) groups is 1. The summed E-state index contributed by atoms with van der Waals surface area (Å²) in [5.41, 5.74) is 2.02. The van der Waals surface area contributed by atoms with Crippen molar-refractivity contribution in [1.82, 2.24) is 20.1 Å². The summed E-state index contributed by atoms with van der Waals surface area (Å²) in [6, 6.07) is 16.4. The fourth-order valence-corrected chi connectivity index (χ4v) is 3.81. The second-order valence-electron chi connectivity index (χ2n) is 6.99. The monoisotopic (exact) mass is 424 g/mol. The van der Waals surface area contributed by atoms with Crippen molar-refractivity contribution in [2.24, 2.45) is 0 Å². The zero-order chi connectivity index (χ0) is 21.3. The van der Waals surface area contributed by atoms with Crippen molar-refractivity contribution in [1.29, 1.82) is 0 Å². The van der Waals surface area contributed by atoms with E-state index in [2.05, 4.69) is 34.2 Å². The number of carbonyl (C=O) groups is 1. The van der Waals surface area contributed by atoms with Crippen LogP contribution in [0.5, 0.6) is 0 Å². The molecule has 3 rings (SSSR count). The van der Waals surface area contributed by atoms with Gasteiger partial charge in [0.2, 0.25) is 5.91 Å². The summed E-state index contributed by atoms with van der Waals surface area (Å²) >= 11 is 1.33. The van der Waals surface area contributed by atoms with Crippen LogP contribution in [0.25, 0.3) is 11.4 Å². The van der Waals surface area contributed by atoms with E-state index >= 15 is 0 Å². The van der Waals surface area contributed by atoms with E-state index in [1.165, 1.54) is 29.5 Å². The first-order chi connectivity index (χ1) is 14.6. The molecule has 0 saturated carbocycles. The summed E-state index contributed by atoms with van der Waals surface area (Å²) in [6.45, 7) is 6.29. The highest BCUT2D eigenvalue weighted by molar-refractivity contribution is 7.99. The van der Waals surface area contributed by atoms with Crippen LogP contribution in [0.1, 0.15) is 18.9 Å². The van der Waals surface area contributed by atoms with Crippen LogP contribution in [0.4, 0.5) is 4.39 Å². The smallest absolute Gasteiger partial charge is 0.230 e. The van der Waals surface area contributed by atoms with E-state index in [-0.39, 0.29) is 23.5 Å². The topological polar surface area (TPSA) is 59.8 Å². The van der Waals surface area contributed by atoms with Gasteiger partial charge in [0.25, 0.3) is 0 Å². The van der Waals surface area contributed by atoms with Gasteiger partial charge < -0.3 is 5.32 Å². The van der Waals surface area contributed by atoms with Gasteiger partial charge in [-0.05, 0) is 49.6 Å². The summed E-state index contributed by atoms with van der Waals surface area (Å²) in [5.74, 6) is 0.515. The number of nitrogens with one attached hydrogen (secondary N) is 1. The molecule has 0 aliphatic carbocycles. The molecule has 0 saturated heterocycles. The summed E-state index contributed by atoms with van der Waals surface area (Å²) in [4.78, 5) is 12.4. The van der Waals surface area contributed by atoms with Crippen LogP contribution >= 0.6 is 11.8 Å². The Balaban J connectivity index is 1.56. The minimum Gasteiger partial charge on any atom is -0.353 e. The lowest BCUT2D eigenvalue weighted by Gasteiger charge is -2.14. The second kappa shape index (κ2) is 10.7. The van der Waals surface area contributed by atoms with Gasteiger partial charge in [0.1, 0.15) is 5.82 Å². The van der Waals surface area contributed by atoms with Gasteiger partial charge in [0.15, 0.2) is 11.0 Å². The molecular weight excluding hydrogens is 399 g/mol. The van der Waals surface area contributed by atoms with Gasteiger partial charge in [0.05, 0.1) is 5.75 Å². The number of benzene rings is 2. The van der Waals surface area contributed by atoms with Crippen molar-refractivity contribution >= 4 is 17.7 Å². The van der Waals surface area contributed by atoms with Crippen LogP contribution in [0.2, 0.25) is 0 Å². The normalized spacial score (nSPS) is 11.8. The predicted molar refractivity (Wildman–Crippen MR) is 119 cm³/mol. The van der Waals surface area contributed by atoms with Crippen molar-refractivity contribution in [2.75, 3.05) is 5.75 Å². The van der Waals surface area contributed by atoms with Crippen molar-refractivity contribution in [3.63, 3.8) is 0 Å². The number of allylic oxidation sites excluding steroid dienone is 1. The van der Waals surface area contributed by atoms with Crippen LogP contribution in [-0.2, 0) is 17.8 Å².